The van der Waals surface area contributed by atoms with Crippen LogP contribution in [-0.2, 0) is 0 Å². The molecule has 68 valence electrons. The largest absolute Gasteiger partial charge is 0.300 e. The molecular weight excluding hydrogens is 138 g/mol. The Morgan fingerprint density at radius 2 is 1.82 bits per heavy atom. The van der Waals surface area contributed by atoms with Crippen molar-refractivity contribution in [2.75, 3.05) is 26.7 Å². The van der Waals surface area contributed by atoms with Gasteiger partial charge in [0.05, 0.1) is 0 Å². The van der Waals surface area contributed by atoms with E-state index in [0.29, 0.717) is 6.04 Å². The van der Waals surface area contributed by atoms with E-state index in [4.69, 9.17) is 0 Å². The summed E-state index contributed by atoms with van der Waals surface area (Å²) in [5.41, 5.74) is 6.03. The molecule has 0 amide bonds. The van der Waals surface area contributed by atoms with E-state index in [-0.39, 0.29) is 0 Å². The highest BCUT2D eigenvalue weighted by atomic mass is 15.3. The number of rotatable bonds is 6. The average Bonchev–Trinajstić information content (AvgIpc) is 2.03. The maximum atomic E-state index is 3.11. The van der Waals surface area contributed by atoms with E-state index in [0.717, 1.165) is 19.6 Å². The lowest BCUT2D eigenvalue weighted by atomic mass is 10.3. The Morgan fingerprint density at radius 3 is 2.18 bits per heavy atom. The van der Waals surface area contributed by atoms with Gasteiger partial charge in [-0.1, -0.05) is 13.8 Å². The molecule has 1 atom stereocenters. The van der Waals surface area contributed by atoms with Crippen LogP contribution in [0.25, 0.3) is 0 Å². The second kappa shape index (κ2) is 6.58. The zero-order valence-corrected chi connectivity index (χ0v) is 8.15. The Balaban J connectivity index is 3.51. The zero-order chi connectivity index (χ0) is 8.69. The Hall–Kier alpha value is -0.120. The van der Waals surface area contributed by atoms with Crippen LogP contribution in [0.1, 0.15) is 20.8 Å². The fraction of sp³-hybridized carbons (Fsp3) is 1.00. The van der Waals surface area contributed by atoms with Gasteiger partial charge >= 0.3 is 0 Å². The average molecular weight is 159 g/mol. The van der Waals surface area contributed by atoms with E-state index in [1.54, 1.807) is 0 Å². The summed E-state index contributed by atoms with van der Waals surface area (Å²) in [5.74, 6) is 0. The van der Waals surface area contributed by atoms with Gasteiger partial charge in [-0.05, 0) is 27.1 Å². The lowest BCUT2D eigenvalue weighted by molar-refractivity contribution is 0.222. The van der Waals surface area contributed by atoms with Gasteiger partial charge in [0.1, 0.15) is 0 Å². The summed E-state index contributed by atoms with van der Waals surface area (Å²) < 4.78 is 0. The quantitative estimate of drug-likeness (QED) is 0.551. The molecule has 0 fully saturated rings. The minimum atomic E-state index is 0.609. The summed E-state index contributed by atoms with van der Waals surface area (Å²) in [4.78, 5) is 2.42. The molecule has 2 N–H and O–H groups in total. The molecule has 0 aromatic carbocycles. The van der Waals surface area contributed by atoms with Crippen molar-refractivity contribution in [1.82, 2.24) is 15.8 Å². The Bertz CT molecular complexity index is 81.4. The molecule has 0 rings (SSSR count). The van der Waals surface area contributed by atoms with E-state index in [9.17, 15) is 0 Å². The molecule has 11 heavy (non-hydrogen) atoms. The Labute approximate surface area is 70.1 Å². The van der Waals surface area contributed by atoms with Crippen molar-refractivity contribution in [3.63, 3.8) is 0 Å². The summed E-state index contributed by atoms with van der Waals surface area (Å²) in [7, 11) is 1.90. The minimum absolute atomic E-state index is 0.609. The molecule has 0 radical (unpaired) electrons. The summed E-state index contributed by atoms with van der Waals surface area (Å²) >= 11 is 0. The van der Waals surface area contributed by atoms with Crippen LogP contribution in [0.5, 0.6) is 0 Å². The van der Waals surface area contributed by atoms with Gasteiger partial charge in [-0.3, -0.25) is 15.8 Å². The van der Waals surface area contributed by atoms with Crippen LogP contribution in [0, 0.1) is 0 Å². The predicted molar refractivity (Wildman–Crippen MR) is 49.4 cm³/mol. The first-order valence-electron chi connectivity index (χ1n) is 4.39. The van der Waals surface area contributed by atoms with Crippen molar-refractivity contribution in [3.05, 3.63) is 0 Å². The summed E-state index contributed by atoms with van der Waals surface area (Å²) in [5, 5.41) is 0. The van der Waals surface area contributed by atoms with Crippen molar-refractivity contribution < 1.29 is 0 Å². The van der Waals surface area contributed by atoms with E-state index >= 15 is 0 Å². The molecule has 0 aliphatic rings. The van der Waals surface area contributed by atoms with E-state index in [2.05, 4.69) is 36.5 Å². The Kier molecular flexibility index (Phi) is 6.51. The SMILES string of the molecule is CCN(CC)C(C)CNNC. The van der Waals surface area contributed by atoms with Gasteiger partial charge in [-0.15, -0.1) is 0 Å². The van der Waals surface area contributed by atoms with Crippen LogP contribution in [0.2, 0.25) is 0 Å². The molecule has 3 heteroatoms. The van der Waals surface area contributed by atoms with Crippen molar-refractivity contribution in [1.29, 1.82) is 0 Å². The molecule has 0 heterocycles. The second-order valence-electron chi connectivity index (χ2n) is 2.70. The topological polar surface area (TPSA) is 27.3 Å². The maximum Gasteiger partial charge on any atom is 0.0253 e. The van der Waals surface area contributed by atoms with Crippen LogP contribution in [0.15, 0.2) is 0 Å². The predicted octanol–water partition coefficient (Wildman–Crippen LogP) is 0.441. The highest BCUT2D eigenvalue weighted by Gasteiger charge is 2.07. The third-order valence-corrected chi connectivity index (χ3v) is 2.01. The number of hydrogen-bond donors (Lipinski definition) is 2. The lowest BCUT2D eigenvalue weighted by Crippen LogP contribution is -2.43. The van der Waals surface area contributed by atoms with Crippen molar-refractivity contribution in [2.45, 2.75) is 26.8 Å². The highest BCUT2D eigenvalue weighted by molar-refractivity contribution is 4.65. The molecule has 0 aromatic rings. The third-order valence-electron chi connectivity index (χ3n) is 2.01. The minimum Gasteiger partial charge on any atom is -0.300 e. The summed E-state index contributed by atoms with van der Waals surface area (Å²) in [6.45, 7) is 9.88. The first-order chi connectivity index (χ1) is 5.26. The smallest absolute Gasteiger partial charge is 0.0253 e. The molecular formula is C8H21N3. The molecule has 3 nitrogen and oxygen atoms in total. The standard InChI is InChI=1S/C8H21N3/c1-5-11(6-2)8(3)7-10-9-4/h8-10H,5-7H2,1-4H3. The number of hydrazine groups is 1. The van der Waals surface area contributed by atoms with Crippen LogP contribution in [0.4, 0.5) is 0 Å². The fourth-order valence-electron chi connectivity index (χ4n) is 1.23. The second-order valence-corrected chi connectivity index (χ2v) is 2.70. The highest BCUT2D eigenvalue weighted by Crippen LogP contribution is 1.95. The van der Waals surface area contributed by atoms with Gasteiger partial charge in [0.2, 0.25) is 0 Å². The van der Waals surface area contributed by atoms with Gasteiger partial charge in [0.25, 0.3) is 0 Å². The van der Waals surface area contributed by atoms with Gasteiger partial charge in [-0.2, -0.15) is 0 Å². The first-order valence-corrected chi connectivity index (χ1v) is 4.39. The van der Waals surface area contributed by atoms with Crippen LogP contribution >= 0.6 is 0 Å². The molecule has 0 aromatic heterocycles. The number of nitrogens with zero attached hydrogens (tertiary/aromatic N) is 1. The molecule has 0 aliphatic heterocycles. The van der Waals surface area contributed by atoms with E-state index < -0.39 is 0 Å². The van der Waals surface area contributed by atoms with Gasteiger partial charge in [0.15, 0.2) is 0 Å². The summed E-state index contributed by atoms with van der Waals surface area (Å²) in [6.07, 6.45) is 0. The summed E-state index contributed by atoms with van der Waals surface area (Å²) in [6, 6.07) is 0.609. The molecule has 0 saturated heterocycles. The number of nitrogens with one attached hydrogen (secondary N) is 2. The molecule has 0 spiro atoms. The number of likely N-dealkylation sites (N-methyl/N-ethyl adjacent to an activating group) is 1. The molecule has 0 aliphatic carbocycles. The van der Waals surface area contributed by atoms with Crippen LogP contribution in [-0.4, -0.2) is 37.6 Å². The maximum absolute atomic E-state index is 3.11. The molecule has 0 saturated carbocycles. The van der Waals surface area contributed by atoms with Crippen LogP contribution < -0.4 is 10.9 Å². The number of hydrogen-bond acceptors (Lipinski definition) is 3. The van der Waals surface area contributed by atoms with Gasteiger partial charge < -0.3 is 0 Å². The molecule has 1 unspecified atom stereocenters. The van der Waals surface area contributed by atoms with E-state index in [1.165, 1.54) is 0 Å². The zero-order valence-electron chi connectivity index (χ0n) is 8.15. The fourth-order valence-corrected chi connectivity index (χ4v) is 1.23. The normalized spacial score (nSPS) is 13.9. The lowest BCUT2D eigenvalue weighted by Gasteiger charge is -2.26. The third kappa shape index (κ3) is 4.35. The Morgan fingerprint density at radius 1 is 1.27 bits per heavy atom. The van der Waals surface area contributed by atoms with Crippen molar-refractivity contribution in [2.24, 2.45) is 0 Å². The first kappa shape index (κ1) is 10.9. The van der Waals surface area contributed by atoms with Gasteiger partial charge in [0, 0.05) is 12.6 Å². The van der Waals surface area contributed by atoms with Crippen molar-refractivity contribution in [3.8, 4) is 0 Å². The van der Waals surface area contributed by atoms with Crippen molar-refractivity contribution >= 4 is 0 Å². The van der Waals surface area contributed by atoms with Crippen LogP contribution in [0.3, 0.4) is 0 Å². The van der Waals surface area contributed by atoms with Gasteiger partial charge in [-0.25, -0.2) is 0 Å². The molecule has 0 bridgehead atoms. The monoisotopic (exact) mass is 159 g/mol. The van der Waals surface area contributed by atoms with E-state index in [1.807, 2.05) is 7.05 Å².